The lowest BCUT2D eigenvalue weighted by molar-refractivity contribution is -0.115. The Balaban J connectivity index is 1.93. The maximum Gasteiger partial charge on any atom is 0.264 e. The highest BCUT2D eigenvalue weighted by molar-refractivity contribution is 9.10. The van der Waals surface area contributed by atoms with E-state index in [0.29, 0.717) is 41.6 Å². The molecule has 0 bridgehead atoms. The van der Waals surface area contributed by atoms with Crippen molar-refractivity contribution in [2.24, 2.45) is 4.99 Å². The molecule has 0 radical (unpaired) electrons. The van der Waals surface area contributed by atoms with E-state index in [-0.39, 0.29) is 11.7 Å². The average Bonchev–Trinajstić information content (AvgIpc) is 2.94. The number of nitrogens with zero attached hydrogens (tertiary/aromatic N) is 1. The van der Waals surface area contributed by atoms with Crippen LogP contribution in [0.1, 0.15) is 5.56 Å². The summed E-state index contributed by atoms with van der Waals surface area (Å²) in [7, 11) is 1.45. The predicted octanol–water partition coefficient (Wildman–Crippen LogP) is 5.36. The molecule has 1 saturated heterocycles. The molecule has 2 N–H and O–H groups in total. The average molecular weight is 474 g/mol. The molecule has 0 spiro atoms. The summed E-state index contributed by atoms with van der Waals surface area (Å²) in [4.78, 5) is 16.9. The van der Waals surface area contributed by atoms with Gasteiger partial charge in [-0.1, -0.05) is 45.2 Å². The van der Waals surface area contributed by atoms with Gasteiger partial charge in [-0.2, -0.15) is 0 Å². The molecule has 0 atom stereocenters. The highest BCUT2D eigenvalue weighted by atomic mass is 79.9. The largest absolute Gasteiger partial charge is 0.504 e. The van der Waals surface area contributed by atoms with E-state index in [1.165, 1.54) is 7.11 Å². The Kier molecular flexibility index (Phi) is 5.82. The van der Waals surface area contributed by atoms with Crippen molar-refractivity contribution in [3.63, 3.8) is 0 Å². The molecule has 9 heteroatoms. The number of methoxy groups -OCH3 is 1. The van der Waals surface area contributed by atoms with E-state index >= 15 is 0 Å². The first-order valence-electron chi connectivity index (χ1n) is 7.19. The standard InChI is InChI=1S/C17H11BrCl2N2O3S/c1-25-12-7-9(18)5-8(15(12)23)6-13-16(24)22-17(26-13)21-11-4-2-3-10(19)14(11)20/h2-7,23H,1H3,(H,21,22,24)/b13-6-. The van der Waals surface area contributed by atoms with Gasteiger partial charge in [0.1, 0.15) is 0 Å². The molecule has 0 aliphatic carbocycles. The van der Waals surface area contributed by atoms with Crippen molar-refractivity contribution in [1.29, 1.82) is 0 Å². The van der Waals surface area contributed by atoms with Gasteiger partial charge < -0.3 is 15.2 Å². The summed E-state index contributed by atoms with van der Waals surface area (Å²) in [5.41, 5.74) is 0.895. The summed E-state index contributed by atoms with van der Waals surface area (Å²) in [6.45, 7) is 0. The van der Waals surface area contributed by atoms with Crippen LogP contribution in [0.5, 0.6) is 11.5 Å². The van der Waals surface area contributed by atoms with Crippen LogP contribution >= 0.6 is 50.9 Å². The van der Waals surface area contributed by atoms with Crippen molar-refractivity contribution < 1.29 is 14.6 Å². The van der Waals surface area contributed by atoms with E-state index in [2.05, 4.69) is 26.2 Å². The molecule has 1 amide bonds. The summed E-state index contributed by atoms with van der Waals surface area (Å²) in [5.74, 6) is -0.0839. The lowest BCUT2D eigenvalue weighted by Gasteiger charge is -2.07. The van der Waals surface area contributed by atoms with Gasteiger partial charge in [0, 0.05) is 10.0 Å². The molecule has 26 heavy (non-hydrogen) atoms. The van der Waals surface area contributed by atoms with E-state index in [1.54, 1.807) is 36.4 Å². The third-order valence-corrected chi connectivity index (χ3v) is 5.56. The van der Waals surface area contributed by atoms with Crippen molar-refractivity contribution in [1.82, 2.24) is 5.32 Å². The van der Waals surface area contributed by atoms with Gasteiger partial charge in [-0.3, -0.25) is 4.79 Å². The number of hydrogen-bond acceptors (Lipinski definition) is 5. The third kappa shape index (κ3) is 4.01. The number of carbonyl (C=O) groups excluding carboxylic acids is 1. The second kappa shape index (κ2) is 7.92. The number of halogens is 3. The van der Waals surface area contributed by atoms with Crippen molar-refractivity contribution in [2.45, 2.75) is 0 Å². The number of amides is 1. The normalized spacial score (nSPS) is 17.0. The van der Waals surface area contributed by atoms with Crippen molar-refractivity contribution in [3.8, 4) is 11.5 Å². The van der Waals surface area contributed by atoms with E-state index in [0.717, 1.165) is 11.8 Å². The predicted molar refractivity (Wildman–Crippen MR) is 110 cm³/mol. The van der Waals surface area contributed by atoms with Crippen LogP contribution in [-0.2, 0) is 4.79 Å². The first kappa shape index (κ1) is 19.1. The number of phenolic OH excluding ortho intramolecular Hbond substituents is 1. The van der Waals surface area contributed by atoms with Crippen molar-refractivity contribution >= 4 is 73.7 Å². The van der Waals surface area contributed by atoms with Crippen molar-refractivity contribution in [3.05, 3.63) is 55.3 Å². The molecule has 1 aliphatic rings. The summed E-state index contributed by atoms with van der Waals surface area (Å²) >= 11 is 16.6. The zero-order chi connectivity index (χ0) is 18.8. The van der Waals surface area contributed by atoms with Crippen LogP contribution in [-0.4, -0.2) is 23.3 Å². The molecule has 0 unspecified atom stereocenters. The lowest BCUT2D eigenvalue weighted by atomic mass is 10.1. The van der Waals surface area contributed by atoms with Crippen LogP contribution in [0.2, 0.25) is 10.0 Å². The van der Waals surface area contributed by atoms with E-state index < -0.39 is 0 Å². The minimum absolute atomic E-state index is 0.0557. The number of aliphatic imine (C=N–C) groups is 1. The highest BCUT2D eigenvalue weighted by Gasteiger charge is 2.25. The molecule has 1 heterocycles. The summed E-state index contributed by atoms with van der Waals surface area (Å²) in [5, 5.41) is 14.0. The molecular weight excluding hydrogens is 463 g/mol. The van der Waals surface area contributed by atoms with Gasteiger partial charge in [0.2, 0.25) is 0 Å². The highest BCUT2D eigenvalue weighted by Crippen LogP contribution is 2.38. The van der Waals surface area contributed by atoms with Gasteiger partial charge in [-0.05, 0) is 42.1 Å². The quantitative estimate of drug-likeness (QED) is 0.588. The molecule has 3 rings (SSSR count). The maximum absolute atomic E-state index is 12.2. The van der Waals surface area contributed by atoms with Crippen LogP contribution in [0.25, 0.3) is 6.08 Å². The number of ether oxygens (including phenoxy) is 1. The van der Waals surface area contributed by atoms with Crippen LogP contribution in [0.15, 0.2) is 44.7 Å². The van der Waals surface area contributed by atoms with Gasteiger partial charge in [0.15, 0.2) is 16.7 Å². The second-order valence-electron chi connectivity index (χ2n) is 5.10. The number of hydrogen-bond donors (Lipinski definition) is 2. The minimum atomic E-state index is -0.328. The van der Waals surface area contributed by atoms with E-state index in [4.69, 9.17) is 27.9 Å². The van der Waals surface area contributed by atoms with E-state index in [9.17, 15) is 9.90 Å². The molecule has 5 nitrogen and oxygen atoms in total. The zero-order valence-electron chi connectivity index (χ0n) is 13.2. The number of amidine groups is 1. The fourth-order valence-electron chi connectivity index (χ4n) is 2.17. The number of phenols is 1. The first-order valence-corrected chi connectivity index (χ1v) is 9.55. The van der Waals surface area contributed by atoms with Gasteiger partial charge in [-0.25, -0.2) is 4.99 Å². The topological polar surface area (TPSA) is 70.9 Å². The summed E-state index contributed by atoms with van der Waals surface area (Å²) < 4.78 is 5.82. The Morgan fingerprint density at radius 3 is 2.85 bits per heavy atom. The number of nitrogens with one attached hydrogen (secondary N) is 1. The summed E-state index contributed by atoms with van der Waals surface area (Å²) in [6, 6.07) is 8.38. The number of thioether (sulfide) groups is 1. The monoisotopic (exact) mass is 472 g/mol. The number of carbonyl (C=O) groups is 1. The molecule has 2 aromatic carbocycles. The van der Waals surface area contributed by atoms with Crippen LogP contribution in [0, 0.1) is 0 Å². The number of aromatic hydroxyl groups is 1. The van der Waals surface area contributed by atoms with Gasteiger partial charge in [0.05, 0.1) is 27.7 Å². The second-order valence-corrected chi connectivity index (χ2v) is 7.83. The first-order chi connectivity index (χ1) is 12.4. The number of benzene rings is 2. The maximum atomic E-state index is 12.2. The Morgan fingerprint density at radius 2 is 2.12 bits per heavy atom. The number of rotatable bonds is 3. The Morgan fingerprint density at radius 1 is 1.35 bits per heavy atom. The van der Waals surface area contributed by atoms with Crippen LogP contribution < -0.4 is 10.1 Å². The van der Waals surface area contributed by atoms with Crippen LogP contribution in [0.4, 0.5) is 5.69 Å². The lowest BCUT2D eigenvalue weighted by Crippen LogP contribution is -2.19. The zero-order valence-corrected chi connectivity index (χ0v) is 17.1. The van der Waals surface area contributed by atoms with Crippen LogP contribution in [0.3, 0.4) is 0 Å². The molecule has 0 saturated carbocycles. The van der Waals surface area contributed by atoms with Gasteiger partial charge in [0.25, 0.3) is 5.91 Å². The Hall–Kier alpha value is -1.67. The van der Waals surface area contributed by atoms with Crippen molar-refractivity contribution in [2.75, 3.05) is 7.11 Å². The smallest absolute Gasteiger partial charge is 0.264 e. The third-order valence-electron chi connectivity index (χ3n) is 3.38. The Bertz CT molecular complexity index is 963. The minimum Gasteiger partial charge on any atom is -0.504 e. The molecule has 1 fully saturated rings. The van der Waals surface area contributed by atoms with Gasteiger partial charge >= 0.3 is 0 Å². The SMILES string of the molecule is COc1cc(Br)cc(/C=C2\SC(=Nc3cccc(Cl)c3Cl)NC2=O)c1O. The molecule has 0 aromatic heterocycles. The molecule has 2 aromatic rings. The molecular formula is C17H11BrCl2N2O3S. The summed E-state index contributed by atoms with van der Waals surface area (Å²) in [6.07, 6.45) is 1.56. The fourth-order valence-corrected chi connectivity index (χ4v) is 3.79. The van der Waals surface area contributed by atoms with E-state index in [1.807, 2.05) is 0 Å². The Labute approximate surface area is 172 Å². The molecule has 134 valence electrons. The molecule has 1 aliphatic heterocycles. The van der Waals surface area contributed by atoms with Gasteiger partial charge in [-0.15, -0.1) is 0 Å². The fraction of sp³-hybridized carbons (Fsp3) is 0.0588.